The molecule has 0 aliphatic carbocycles. The van der Waals surface area contributed by atoms with E-state index in [4.69, 9.17) is 11.6 Å². The number of aliphatic carboxylic acids is 1. The molecule has 0 spiro atoms. The Bertz CT molecular complexity index is 163. The average molecular weight is 132 g/mol. The van der Waals surface area contributed by atoms with E-state index in [9.17, 15) is 4.79 Å². The van der Waals surface area contributed by atoms with Crippen molar-refractivity contribution in [1.29, 1.82) is 0 Å². The molecule has 9 heavy (non-hydrogen) atoms. The van der Waals surface area contributed by atoms with Crippen LogP contribution in [-0.2, 0) is 4.79 Å². The number of aliphatic hydroxyl groups is 1. The summed E-state index contributed by atoms with van der Waals surface area (Å²) in [5.41, 5.74) is 0. The largest absolute Gasteiger partial charge is 0.480 e. The highest BCUT2D eigenvalue weighted by Gasteiger charge is 2.27. The lowest BCUT2D eigenvalue weighted by Crippen LogP contribution is -2.29. The first kappa shape index (κ1) is 5.20. The lowest BCUT2D eigenvalue weighted by atomic mass is 10.2. The van der Waals surface area contributed by atoms with Crippen molar-refractivity contribution in [3.63, 3.8) is 0 Å². The van der Waals surface area contributed by atoms with Gasteiger partial charge in [-0.3, -0.25) is 4.79 Å². The number of carboxylic acid groups (broad SMARTS) is 1. The molecular formula is C5H9NO3. The molecule has 0 radical (unpaired) electrons. The summed E-state index contributed by atoms with van der Waals surface area (Å²) in [5, 5.41) is 19.7. The van der Waals surface area contributed by atoms with E-state index in [0.717, 1.165) is 0 Å². The van der Waals surface area contributed by atoms with Gasteiger partial charge in [0.15, 0.2) is 0 Å². The van der Waals surface area contributed by atoms with Gasteiger partial charge in [-0.05, 0) is 0 Å². The summed E-state index contributed by atoms with van der Waals surface area (Å²) in [6.45, 7) is 0.190. The molecule has 4 heteroatoms. The van der Waals surface area contributed by atoms with Gasteiger partial charge in [-0.15, -0.1) is 0 Å². The molecule has 0 bridgehead atoms. The van der Waals surface area contributed by atoms with Gasteiger partial charge in [-0.2, -0.15) is 0 Å². The Balaban J connectivity index is 2.63. The Labute approximate surface area is 53.9 Å². The van der Waals surface area contributed by atoms with E-state index in [1.165, 1.54) is 0 Å². The molecule has 1 saturated heterocycles. The predicted molar refractivity (Wildman–Crippen MR) is 30.1 cm³/mol. The van der Waals surface area contributed by atoms with Crippen LogP contribution < -0.4 is 5.32 Å². The number of rotatable bonds is 1. The van der Waals surface area contributed by atoms with Gasteiger partial charge >= 0.3 is 5.97 Å². The fourth-order valence-electron chi connectivity index (χ4n) is 0.784. The SMILES string of the molecule is [2H][C@@]1(C(=O)O)C[C@@H](O)CN1. The molecular weight excluding hydrogens is 122 g/mol. The molecule has 1 heterocycles. The second-order valence-electron chi connectivity index (χ2n) is 2.02. The Morgan fingerprint density at radius 2 is 2.56 bits per heavy atom. The van der Waals surface area contributed by atoms with Crippen LogP contribution in [0.2, 0.25) is 0 Å². The van der Waals surface area contributed by atoms with Crippen LogP contribution in [0.4, 0.5) is 0 Å². The Morgan fingerprint density at radius 1 is 1.89 bits per heavy atom. The van der Waals surface area contributed by atoms with E-state index in [-0.39, 0.29) is 13.0 Å². The predicted octanol–water partition coefficient (Wildman–Crippen LogP) is -1.21. The summed E-state index contributed by atoms with van der Waals surface area (Å²) in [7, 11) is 0. The molecule has 2 atom stereocenters. The lowest BCUT2D eigenvalue weighted by Gasteiger charge is -1.99. The third kappa shape index (κ3) is 1.40. The third-order valence-corrected chi connectivity index (χ3v) is 1.25. The third-order valence-electron chi connectivity index (χ3n) is 1.25. The number of hydrogen-bond acceptors (Lipinski definition) is 3. The van der Waals surface area contributed by atoms with Crippen molar-refractivity contribution in [2.24, 2.45) is 0 Å². The maximum Gasteiger partial charge on any atom is 0.320 e. The first-order chi connectivity index (χ1) is 4.54. The molecule has 0 saturated carbocycles. The number of nitrogens with one attached hydrogen (secondary N) is 1. The standard InChI is InChI=1S/C5H9NO3/c7-3-1-4(5(8)9)6-2-3/h3-4,6-7H,1-2H2,(H,8,9)/t3-,4+/m1/s1/i4D. The van der Waals surface area contributed by atoms with Crippen LogP contribution in [0.3, 0.4) is 0 Å². The lowest BCUT2D eigenvalue weighted by molar-refractivity contribution is -0.139. The molecule has 0 aromatic carbocycles. The zero-order valence-corrected chi connectivity index (χ0v) is 4.79. The Hall–Kier alpha value is -0.610. The first-order valence-corrected chi connectivity index (χ1v) is 2.71. The summed E-state index contributed by atoms with van der Waals surface area (Å²) >= 11 is 0. The summed E-state index contributed by atoms with van der Waals surface area (Å²) in [5.74, 6) is -1.23. The quantitative estimate of drug-likeness (QED) is 0.419. The van der Waals surface area contributed by atoms with E-state index >= 15 is 0 Å². The first-order valence-electron chi connectivity index (χ1n) is 3.21. The number of carbonyl (C=O) groups is 1. The number of β-amino-alcohol motifs (C(OH)–C–C–N with tert-alkyl or cyclic N) is 1. The van der Waals surface area contributed by atoms with Crippen molar-refractivity contribution in [1.82, 2.24) is 5.32 Å². The van der Waals surface area contributed by atoms with Gasteiger partial charge in [0, 0.05) is 13.0 Å². The molecule has 0 aromatic heterocycles. The van der Waals surface area contributed by atoms with Crippen molar-refractivity contribution in [2.75, 3.05) is 6.54 Å². The molecule has 1 aliphatic rings. The normalized spacial score (nSPS) is 44.6. The molecule has 1 fully saturated rings. The van der Waals surface area contributed by atoms with Crippen LogP contribution in [0.1, 0.15) is 7.79 Å². The molecule has 3 N–H and O–H groups in total. The summed E-state index contributed by atoms with van der Waals surface area (Å²) in [6.07, 6.45) is -0.740. The van der Waals surface area contributed by atoms with Crippen LogP contribution in [0.5, 0.6) is 0 Å². The van der Waals surface area contributed by atoms with E-state index < -0.39 is 18.1 Å². The van der Waals surface area contributed by atoms with Gasteiger partial charge in [0.1, 0.15) is 6.02 Å². The number of carboxylic acids is 1. The van der Waals surface area contributed by atoms with Gasteiger partial charge < -0.3 is 15.5 Å². The second-order valence-corrected chi connectivity index (χ2v) is 2.02. The molecule has 0 aromatic rings. The smallest absolute Gasteiger partial charge is 0.320 e. The average Bonchev–Trinajstić information content (AvgIpc) is 2.13. The maximum absolute atomic E-state index is 10.3. The summed E-state index contributed by atoms with van der Waals surface area (Å²) in [6, 6.07) is -1.67. The van der Waals surface area contributed by atoms with Crippen LogP contribution in [0.25, 0.3) is 0 Å². The minimum Gasteiger partial charge on any atom is -0.480 e. The monoisotopic (exact) mass is 132 g/mol. The van der Waals surface area contributed by atoms with Crippen molar-refractivity contribution in [3.05, 3.63) is 0 Å². The van der Waals surface area contributed by atoms with Crippen molar-refractivity contribution < 1.29 is 16.4 Å². The van der Waals surface area contributed by atoms with E-state index in [2.05, 4.69) is 5.32 Å². The van der Waals surface area contributed by atoms with Crippen LogP contribution in [-0.4, -0.2) is 34.8 Å². The fourth-order valence-corrected chi connectivity index (χ4v) is 0.784. The number of hydrogen-bond donors (Lipinski definition) is 3. The van der Waals surface area contributed by atoms with Crippen molar-refractivity contribution in [3.8, 4) is 0 Å². The highest BCUT2D eigenvalue weighted by atomic mass is 16.4. The zero-order valence-electron chi connectivity index (χ0n) is 5.79. The molecule has 1 rings (SSSR count). The number of aliphatic hydroxyl groups excluding tert-OH is 1. The molecule has 4 nitrogen and oxygen atoms in total. The Morgan fingerprint density at radius 3 is 2.78 bits per heavy atom. The van der Waals surface area contributed by atoms with Gasteiger partial charge in [-0.1, -0.05) is 0 Å². The maximum atomic E-state index is 10.3. The van der Waals surface area contributed by atoms with E-state index in [1.807, 2.05) is 0 Å². The van der Waals surface area contributed by atoms with Gasteiger partial charge in [0.2, 0.25) is 0 Å². The van der Waals surface area contributed by atoms with E-state index in [1.54, 1.807) is 0 Å². The van der Waals surface area contributed by atoms with Gasteiger partial charge in [-0.25, -0.2) is 0 Å². The van der Waals surface area contributed by atoms with Gasteiger partial charge in [0.05, 0.1) is 7.47 Å². The summed E-state index contributed by atoms with van der Waals surface area (Å²) in [4.78, 5) is 10.3. The van der Waals surface area contributed by atoms with Crippen LogP contribution in [0, 0.1) is 0 Å². The van der Waals surface area contributed by atoms with Crippen molar-refractivity contribution >= 4 is 5.97 Å². The topological polar surface area (TPSA) is 69.6 Å². The van der Waals surface area contributed by atoms with E-state index in [0.29, 0.717) is 0 Å². The molecule has 52 valence electrons. The molecule has 1 aliphatic heterocycles. The Kier molecular flexibility index (Phi) is 1.34. The highest BCUT2D eigenvalue weighted by Crippen LogP contribution is 2.05. The van der Waals surface area contributed by atoms with Crippen LogP contribution in [0.15, 0.2) is 0 Å². The summed E-state index contributed by atoms with van der Waals surface area (Å²) < 4.78 is 7.19. The minimum absolute atomic E-state index is 0.0394. The minimum atomic E-state index is -1.67. The highest BCUT2D eigenvalue weighted by molar-refractivity contribution is 5.73. The fraction of sp³-hybridized carbons (Fsp3) is 0.800. The second kappa shape index (κ2) is 2.33. The van der Waals surface area contributed by atoms with Crippen molar-refractivity contribution in [2.45, 2.75) is 18.5 Å². The van der Waals surface area contributed by atoms with Crippen LogP contribution >= 0.6 is 0 Å². The van der Waals surface area contributed by atoms with Gasteiger partial charge in [0.25, 0.3) is 0 Å². The molecule has 0 unspecified atom stereocenters. The zero-order chi connectivity index (χ0) is 7.78. The molecule has 0 amide bonds.